The fourth-order valence-corrected chi connectivity index (χ4v) is 3.73. The number of hydrogen-bond acceptors (Lipinski definition) is 5. The number of hydrogen-bond donors (Lipinski definition) is 0. The molecule has 1 amide bonds. The van der Waals surface area contributed by atoms with Gasteiger partial charge in [-0.25, -0.2) is 9.78 Å². The molecule has 4 rings (SSSR count). The van der Waals surface area contributed by atoms with Gasteiger partial charge in [0.25, 0.3) is 5.56 Å². The fraction of sp³-hybridized carbons (Fsp3) is 0.375. The van der Waals surface area contributed by atoms with Crippen molar-refractivity contribution in [1.82, 2.24) is 14.5 Å². The molecule has 0 N–H and O–H groups in total. The number of aryl methyl sites for hydroxylation is 1. The third-order valence-electron chi connectivity index (χ3n) is 5.14. The third-order valence-corrected chi connectivity index (χ3v) is 5.14. The number of nitrogens with zero attached hydrogens (tertiary/aromatic N) is 3. The van der Waals surface area contributed by atoms with Crippen LogP contribution in [-0.2, 0) is 4.74 Å². The normalized spacial score (nSPS) is 16.5. The molecule has 0 radical (unpaired) electrons. The Morgan fingerprint density at radius 1 is 1.10 bits per heavy atom. The van der Waals surface area contributed by atoms with Crippen molar-refractivity contribution in [2.75, 3.05) is 13.1 Å². The quantitative estimate of drug-likeness (QED) is 0.637. The number of likely N-dealkylation sites (tertiary alicyclic amines) is 1. The highest BCUT2D eigenvalue weighted by atomic mass is 16.6. The lowest BCUT2D eigenvalue weighted by molar-refractivity contribution is 0.0275. The van der Waals surface area contributed by atoms with Crippen molar-refractivity contribution in [3.05, 3.63) is 64.7 Å². The van der Waals surface area contributed by atoms with E-state index in [1.807, 2.05) is 70.2 Å². The second-order valence-corrected chi connectivity index (χ2v) is 8.77. The Labute approximate surface area is 181 Å². The first-order valence-corrected chi connectivity index (χ1v) is 10.4. The fourth-order valence-electron chi connectivity index (χ4n) is 3.73. The summed E-state index contributed by atoms with van der Waals surface area (Å²) in [4.78, 5) is 31.4. The number of benzene rings is 2. The Morgan fingerprint density at radius 3 is 2.52 bits per heavy atom. The van der Waals surface area contributed by atoms with Crippen LogP contribution in [0.3, 0.4) is 0 Å². The Hall–Kier alpha value is -3.35. The van der Waals surface area contributed by atoms with Crippen LogP contribution in [0, 0.1) is 6.92 Å². The minimum absolute atomic E-state index is 0.0924. The number of ether oxygens (including phenoxy) is 2. The van der Waals surface area contributed by atoms with Crippen LogP contribution in [0.1, 0.15) is 33.0 Å². The van der Waals surface area contributed by atoms with Gasteiger partial charge in [0, 0.05) is 13.0 Å². The van der Waals surface area contributed by atoms with Crippen molar-refractivity contribution in [3.63, 3.8) is 0 Å². The highest BCUT2D eigenvalue weighted by molar-refractivity contribution is 5.77. The molecular formula is C24H27N3O4. The van der Waals surface area contributed by atoms with Crippen LogP contribution >= 0.6 is 0 Å². The largest absolute Gasteiger partial charge is 0.489 e. The van der Waals surface area contributed by atoms with E-state index >= 15 is 0 Å². The summed E-state index contributed by atoms with van der Waals surface area (Å²) in [6, 6.07) is 14.7. The topological polar surface area (TPSA) is 73.7 Å². The zero-order valence-electron chi connectivity index (χ0n) is 18.3. The molecule has 0 spiro atoms. The van der Waals surface area contributed by atoms with Gasteiger partial charge in [0.1, 0.15) is 23.3 Å². The molecule has 2 heterocycles. The van der Waals surface area contributed by atoms with Crippen LogP contribution in [0.25, 0.3) is 16.6 Å². The monoisotopic (exact) mass is 421 g/mol. The predicted octanol–water partition coefficient (Wildman–Crippen LogP) is 4.08. The van der Waals surface area contributed by atoms with E-state index in [0.29, 0.717) is 35.6 Å². The summed E-state index contributed by atoms with van der Waals surface area (Å²) in [6.45, 7) is 8.48. The van der Waals surface area contributed by atoms with Crippen molar-refractivity contribution >= 4 is 17.0 Å². The minimum Gasteiger partial charge on any atom is -0.489 e. The van der Waals surface area contributed by atoms with Crippen LogP contribution in [-0.4, -0.2) is 45.3 Å². The first kappa shape index (κ1) is 20.9. The molecule has 7 nitrogen and oxygen atoms in total. The van der Waals surface area contributed by atoms with Crippen molar-refractivity contribution < 1.29 is 14.3 Å². The highest BCUT2D eigenvalue weighted by Gasteiger charge is 2.30. The third kappa shape index (κ3) is 4.55. The van der Waals surface area contributed by atoms with Gasteiger partial charge in [-0.05, 0) is 64.1 Å². The lowest BCUT2D eigenvalue weighted by Crippen LogP contribution is -2.36. The number of aromatic nitrogens is 2. The van der Waals surface area contributed by atoms with E-state index in [4.69, 9.17) is 9.47 Å². The number of amides is 1. The molecule has 1 aromatic heterocycles. The van der Waals surface area contributed by atoms with Crippen LogP contribution in [0.4, 0.5) is 4.79 Å². The van der Waals surface area contributed by atoms with Crippen LogP contribution in [0.5, 0.6) is 5.75 Å². The molecule has 3 aromatic rings. The number of carbonyl (C=O) groups excluding carboxylic acids is 1. The summed E-state index contributed by atoms with van der Waals surface area (Å²) in [5.41, 5.74) is 0.812. The molecule has 1 unspecified atom stereocenters. The van der Waals surface area contributed by atoms with Crippen molar-refractivity contribution in [1.29, 1.82) is 0 Å². The zero-order chi connectivity index (χ0) is 22.2. The number of fused-ring (bicyclic) bond motifs is 1. The molecule has 31 heavy (non-hydrogen) atoms. The molecule has 1 aliphatic rings. The molecule has 2 aromatic carbocycles. The van der Waals surface area contributed by atoms with Gasteiger partial charge in [-0.15, -0.1) is 0 Å². The minimum atomic E-state index is -0.514. The van der Waals surface area contributed by atoms with Gasteiger partial charge in [0.2, 0.25) is 0 Å². The Morgan fingerprint density at radius 2 is 1.81 bits per heavy atom. The van der Waals surface area contributed by atoms with Gasteiger partial charge < -0.3 is 14.4 Å². The second kappa shape index (κ2) is 8.06. The summed E-state index contributed by atoms with van der Waals surface area (Å²) >= 11 is 0. The van der Waals surface area contributed by atoms with Gasteiger partial charge in [0.15, 0.2) is 0 Å². The Balaban J connectivity index is 1.47. The van der Waals surface area contributed by atoms with E-state index < -0.39 is 5.60 Å². The van der Waals surface area contributed by atoms with Gasteiger partial charge in [0.05, 0.1) is 23.1 Å². The molecule has 162 valence electrons. The maximum Gasteiger partial charge on any atom is 0.410 e. The van der Waals surface area contributed by atoms with Gasteiger partial charge >= 0.3 is 6.09 Å². The second-order valence-electron chi connectivity index (χ2n) is 8.77. The average molecular weight is 421 g/mol. The lowest BCUT2D eigenvalue weighted by atomic mass is 10.2. The SMILES string of the molecule is Cc1nc2ccccc2c(=O)n1-c1ccc(OC2CCN(C(=O)OC(C)(C)C)C2)cc1. The van der Waals surface area contributed by atoms with Crippen LogP contribution < -0.4 is 10.3 Å². The molecule has 7 heteroatoms. The van der Waals surface area contributed by atoms with E-state index in [-0.39, 0.29) is 17.8 Å². The molecule has 1 aliphatic heterocycles. The van der Waals surface area contributed by atoms with Crippen molar-refractivity contribution in [3.8, 4) is 11.4 Å². The number of rotatable bonds is 3. The molecule has 0 saturated carbocycles. The van der Waals surface area contributed by atoms with Gasteiger partial charge in [-0.1, -0.05) is 12.1 Å². The first-order chi connectivity index (χ1) is 14.7. The number of carbonyl (C=O) groups is 1. The van der Waals surface area contributed by atoms with E-state index in [0.717, 1.165) is 12.1 Å². The predicted molar refractivity (Wildman–Crippen MR) is 119 cm³/mol. The Bertz CT molecular complexity index is 1160. The van der Waals surface area contributed by atoms with Crippen molar-refractivity contribution in [2.24, 2.45) is 0 Å². The number of para-hydroxylation sites is 1. The average Bonchev–Trinajstić information content (AvgIpc) is 3.17. The zero-order valence-corrected chi connectivity index (χ0v) is 18.3. The summed E-state index contributed by atoms with van der Waals surface area (Å²) in [5.74, 6) is 1.32. The standard InChI is InChI=1S/C24H27N3O4/c1-16-25-21-8-6-5-7-20(21)22(28)27(16)17-9-11-18(12-10-17)30-19-13-14-26(15-19)23(29)31-24(2,3)4/h5-12,19H,13-15H2,1-4H3. The van der Waals surface area contributed by atoms with E-state index in [1.165, 1.54) is 0 Å². The molecule has 0 bridgehead atoms. The summed E-state index contributed by atoms with van der Waals surface area (Å²) in [7, 11) is 0. The smallest absolute Gasteiger partial charge is 0.410 e. The maximum absolute atomic E-state index is 13.0. The lowest BCUT2D eigenvalue weighted by Gasteiger charge is -2.24. The van der Waals surface area contributed by atoms with Crippen molar-refractivity contribution in [2.45, 2.75) is 45.8 Å². The molecule has 0 aliphatic carbocycles. The Kier molecular flexibility index (Phi) is 5.43. The van der Waals surface area contributed by atoms with Gasteiger partial charge in [-0.3, -0.25) is 9.36 Å². The highest BCUT2D eigenvalue weighted by Crippen LogP contribution is 2.22. The molecule has 1 saturated heterocycles. The van der Waals surface area contributed by atoms with E-state index in [9.17, 15) is 9.59 Å². The van der Waals surface area contributed by atoms with E-state index in [1.54, 1.807) is 15.5 Å². The first-order valence-electron chi connectivity index (χ1n) is 10.4. The summed E-state index contributed by atoms with van der Waals surface area (Å²) in [6.07, 6.45) is 0.339. The van der Waals surface area contributed by atoms with E-state index in [2.05, 4.69) is 4.98 Å². The summed E-state index contributed by atoms with van der Waals surface area (Å²) < 4.78 is 13.1. The van der Waals surface area contributed by atoms with Gasteiger partial charge in [-0.2, -0.15) is 0 Å². The maximum atomic E-state index is 13.0. The van der Waals surface area contributed by atoms with Crippen LogP contribution in [0.2, 0.25) is 0 Å². The van der Waals surface area contributed by atoms with Crippen LogP contribution in [0.15, 0.2) is 53.3 Å². The molecule has 1 fully saturated rings. The molecule has 1 atom stereocenters. The molecular weight excluding hydrogens is 394 g/mol. The summed E-state index contributed by atoms with van der Waals surface area (Å²) in [5, 5.41) is 0.585.